The average molecular weight is 455 g/mol. The molecule has 0 bridgehead atoms. The maximum Gasteiger partial charge on any atom is 0.291 e. The van der Waals surface area contributed by atoms with Gasteiger partial charge in [0.05, 0.1) is 16.1 Å². The molecular formula is C24H17N5O3S. The molecule has 0 unspecified atom stereocenters. The molecule has 3 aromatic heterocycles. The third kappa shape index (κ3) is 4.30. The Balaban J connectivity index is 1.36. The van der Waals surface area contributed by atoms with E-state index in [1.54, 1.807) is 10.9 Å². The summed E-state index contributed by atoms with van der Waals surface area (Å²) in [7, 11) is 0. The number of carbonyl (C=O) groups excluding carboxylic acids is 2. The predicted molar refractivity (Wildman–Crippen MR) is 124 cm³/mol. The molecule has 33 heavy (non-hydrogen) atoms. The van der Waals surface area contributed by atoms with Crippen LogP contribution in [-0.2, 0) is 0 Å². The van der Waals surface area contributed by atoms with E-state index < -0.39 is 11.8 Å². The van der Waals surface area contributed by atoms with Crippen molar-refractivity contribution in [3.8, 4) is 27.6 Å². The fourth-order valence-electron chi connectivity index (χ4n) is 3.22. The minimum absolute atomic E-state index is 0.0574. The first kappa shape index (κ1) is 20.4. The second kappa shape index (κ2) is 8.93. The molecule has 3 heterocycles. The molecule has 0 aliphatic carbocycles. The molecule has 0 spiro atoms. The van der Waals surface area contributed by atoms with E-state index >= 15 is 0 Å². The highest BCUT2D eigenvalue weighted by Crippen LogP contribution is 2.25. The second-order valence-electron chi connectivity index (χ2n) is 7.00. The number of nitrogens with zero attached hydrogens (tertiary/aromatic N) is 3. The van der Waals surface area contributed by atoms with Crippen molar-refractivity contribution in [2.45, 2.75) is 0 Å². The Kier molecular flexibility index (Phi) is 5.52. The standard InChI is InChI=1S/C24H17N5O3S/c30-23(25-26-24(31)19-14-20(32-28-19)21-12-7-13-33-21)18-15-29(17-10-5-2-6-11-17)27-22(18)16-8-3-1-4-9-16/h1-15H,(H,25,30)(H,26,31). The first-order valence-corrected chi connectivity index (χ1v) is 10.9. The van der Waals surface area contributed by atoms with Crippen LogP contribution in [0.2, 0.25) is 0 Å². The van der Waals surface area contributed by atoms with E-state index in [0.29, 0.717) is 17.0 Å². The summed E-state index contributed by atoms with van der Waals surface area (Å²) in [5, 5.41) is 10.3. The highest BCUT2D eigenvalue weighted by molar-refractivity contribution is 7.13. The fourth-order valence-corrected chi connectivity index (χ4v) is 3.90. The van der Waals surface area contributed by atoms with E-state index in [2.05, 4.69) is 21.1 Å². The van der Waals surface area contributed by atoms with Gasteiger partial charge in [0.2, 0.25) is 0 Å². The van der Waals surface area contributed by atoms with Gasteiger partial charge >= 0.3 is 0 Å². The van der Waals surface area contributed by atoms with E-state index in [1.807, 2.05) is 78.2 Å². The zero-order valence-electron chi connectivity index (χ0n) is 17.1. The topological polar surface area (TPSA) is 102 Å². The maximum atomic E-state index is 13.0. The first-order chi connectivity index (χ1) is 16.2. The quantitative estimate of drug-likeness (QED) is 0.384. The maximum absolute atomic E-state index is 13.0. The summed E-state index contributed by atoms with van der Waals surface area (Å²) in [6.45, 7) is 0. The van der Waals surface area contributed by atoms with Crippen molar-refractivity contribution >= 4 is 23.2 Å². The first-order valence-electron chi connectivity index (χ1n) is 10.0. The van der Waals surface area contributed by atoms with Gasteiger partial charge in [0.15, 0.2) is 11.5 Å². The summed E-state index contributed by atoms with van der Waals surface area (Å²) in [5.74, 6) is -0.616. The van der Waals surface area contributed by atoms with Crippen LogP contribution >= 0.6 is 11.3 Å². The van der Waals surface area contributed by atoms with E-state index in [0.717, 1.165) is 16.1 Å². The van der Waals surface area contributed by atoms with E-state index in [9.17, 15) is 9.59 Å². The van der Waals surface area contributed by atoms with Crippen LogP contribution in [0.5, 0.6) is 0 Å². The molecule has 5 rings (SSSR count). The van der Waals surface area contributed by atoms with Crippen LogP contribution in [0.4, 0.5) is 0 Å². The van der Waals surface area contributed by atoms with Gasteiger partial charge < -0.3 is 4.52 Å². The summed E-state index contributed by atoms with van der Waals surface area (Å²) < 4.78 is 6.85. The number of aromatic nitrogens is 3. The number of rotatable bonds is 5. The summed E-state index contributed by atoms with van der Waals surface area (Å²) in [4.78, 5) is 26.3. The van der Waals surface area contributed by atoms with Crippen molar-refractivity contribution in [3.63, 3.8) is 0 Å². The number of carbonyl (C=O) groups is 2. The average Bonchev–Trinajstić information content (AvgIpc) is 3.63. The van der Waals surface area contributed by atoms with Crippen LogP contribution in [0.15, 0.2) is 95.0 Å². The molecule has 0 atom stereocenters. The lowest BCUT2D eigenvalue weighted by molar-refractivity contribution is 0.0842. The lowest BCUT2D eigenvalue weighted by Crippen LogP contribution is -2.41. The molecule has 2 aromatic carbocycles. The number of thiophene rings is 1. The van der Waals surface area contributed by atoms with Crippen LogP contribution in [0.25, 0.3) is 27.6 Å². The van der Waals surface area contributed by atoms with Gasteiger partial charge in [-0.2, -0.15) is 5.10 Å². The van der Waals surface area contributed by atoms with E-state index in [4.69, 9.17) is 4.52 Å². The predicted octanol–water partition coefficient (Wildman–Crippen LogP) is 4.33. The molecule has 2 N–H and O–H groups in total. The minimum atomic E-state index is -0.591. The molecule has 0 aliphatic rings. The van der Waals surface area contributed by atoms with Crippen molar-refractivity contribution < 1.29 is 14.1 Å². The largest absolute Gasteiger partial charge is 0.355 e. The minimum Gasteiger partial charge on any atom is -0.355 e. The van der Waals surface area contributed by atoms with Gasteiger partial charge in [-0.25, -0.2) is 4.68 Å². The number of hydrazine groups is 1. The Morgan fingerprint density at radius 2 is 1.61 bits per heavy atom. The van der Waals surface area contributed by atoms with Crippen LogP contribution in [-0.4, -0.2) is 26.8 Å². The van der Waals surface area contributed by atoms with Crippen LogP contribution < -0.4 is 10.9 Å². The van der Waals surface area contributed by atoms with Crippen molar-refractivity contribution in [1.82, 2.24) is 25.8 Å². The Labute approximate surface area is 192 Å². The number of hydrogen-bond donors (Lipinski definition) is 2. The van der Waals surface area contributed by atoms with Crippen molar-refractivity contribution in [1.29, 1.82) is 0 Å². The Hall–Kier alpha value is -4.50. The Bertz CT molecular complexity index is 1390. The lowest BCUT2D eigenvalue weighted by Gasteiger charge is -2.05. The number of hydrogen-bond acceptors (Lipinski definition) is 6. The summed E-state index contributed by atoms with van der Waals surface area (Å²) in [6, 6.07) is 24.1. The summed E-state index contributed by atoms with van der Waals surface area (Å²) in [6.07, 6.45) is 1.63. The molecule has 0 saturated heterocycles. The van der Waals surface area contributed by atoms with Crippen molar-refractivity contribution in [2.75, 3.05) is 0 Å². The Morgan fingerprint density at radius 1 is 0.879 bits per heavy atom. The molecule has 0 fully saturated rings. The van der Waals surface area contributed by atoms with Crippen LogP contribution in [0.3, 0.4) is 0 Å². The molecule has 0 radical (unpaired) electrons. The second-order valence-corrected chi connectivity index (χ2v) is 7.95. The molecule has 0 aliphatic heterocycles. The van der Waals surface area contributed by atoms with Gasteiger partial charge in [0.25, 0.3) is 11.8 Å². The number of benzene rings is 2. The highest BCUT2D eigenvalue weighted by Gasteiger charge is 2.20. The molecule has 2 amide bonds. The van der Waals surface area contributed by atoms with Gasteiger partial charge in [-0.1, -0.05) is 59.8 Å². The zero-order chi connectivity index (χ0) is 22.6. The monoisotopic (exact) mass is 455 g/mol. The van der Waals surface area contributed by atoms with Gasteiger partial charge in [-0.15, -0.1) is 11.3 Å². The zero-order valence-corrected chi connectivity index (χ0v) is 18.0. The molecule has 0 saturated carbocycles. The molecule has 162 valence electrons. The third-order valence-corrected chi connectivity index (χ3v) is 5.71. The van der Waals surface area contributed by atoms with Gasteiger partial charge in [-0.05, 0) is 23.6 Å². The molecule has 9 heteroatoms. The van der Waals surface area contributed by atoms with E-state index in [1.165, 1.54) is 17.4 Å². The number of para-hydroxylation sites is 1. The smallest absolute Gasteiger partial charge is 0.291 e. The fraction of sp³-hybridized carbons (Fsp3) is 0. The third-order valence-electron chi connectivity index (χ3n) is 4.82. The molecular weight excluding hydrogens is 438 g/mol. The Morgan fingerprint density at radius 3 is 2.33 bits per heavy atom. The van der Waals surface area contributed by atoms with Crippen molar-refractivity contribution in [3.05, 3.63) is 102 Å². The molecule has 5 aromatic rings. The van der Waals surface area contributed by atoms with Gasteiger partial charge in [-0.3, -0.25) is 20.4 Å². The van der Waals surface area contributed by atoms with Gasteiger partial charge in [0, 0.05) is 17.8 Å². The highest BCUT2D eigenvalue weighted by atomic mass is 32.1. The number of amides is 2. The summed E-state index contributed by atoms with van der Waals surface area (Å²) in [5.41, 5.74) is 7.28. The summed E-state index contributed by atoms with van der Waals surface area (Å²) >= 11 is 1.47. The normalized spacial score (nSPS) is 10.7. The molecule has 8 nitrogen and oxygen atoms in total. The number of nitrogens with one attached hydrogen (secondary N) is 2. The van der Waals surface area contributed by atoms with E-state index in [-0.39, 0.29) is 5.69 Å². The lowest BCUT2D eigenvalue weighted by atomic mass is 10.1. The SMILES string of the molecule is O=C(NNC(=O)c1cn(-c2ccccc2)nc1-c1ccccc1)c1cc(-c2cccs2)on1. The van der Waals surface area contributed by atoms with Crippen LogP contribution in [0, 0.1) is 0 Å². The van der Waals surface area contributed by atoms with Crippen LogP contribution in [0.1, 0.15) is 20.8 Å². The van der Waals surface area contributed by atoms with Crippen molar-refractivity contribution in [2.24, 2.45) is 0 Å². The van der Waals surface area contributed by atoms with Gasteiger partial charge in [0.1, 0.15) is 5.69 Å².